The van der Waals surface area contributed by atoms with Gasteiger partial charge >= 0.3 is 0 Å². The van der Waals surface area contributed by atoms with Gasteiger partial charge in [0.05, 0.1) is 0 Å². The van der Waals surface area contributed by atoms with Gasteiger partial charge in [-0.25, -0.2) is 9.97 Å². The molecule has 0 radical (unpaired) electrons. The van der Waals surface area contributed by atoms with Gasteiger partial charge in [0.1, 0.15) is 15.6 Å². The number of fused-ring (bicyclic) bond motifs is 1. The minimum Gasteiger partial charge on any atom is -0.441 e. The van der Waals surface area contributed by atoms with Gasteiger partial charge in [0.15, 0.2) is 11.5 Å². The predicted molar refractivity (Wildman–Crippen MR) is 67.1 cm³/mol. The van der Waals surface area contributed by atoms with Crippen molar-refractivity contribution < 1.29 is 4.42 Å². The Balaban J connectivity index is 2.17. The second-order valence-electron chi connectivity index (χ2n) is 3.43. The van der Waals surface area contributed by atoms with Gasteiger partial charge in [-0.15, -0.1) is 24.0 Å². The van der Waals surface area contributed by atoms with Crippen LogP contribution in [0.5, 0.6) is 0 Å². The highest BCUT2D eigenvalue weighted by Crippen LogP contribution is 2.28. The first-order valence-electron chi connectivity index (χ1n) is 4.74. The van der Waals surface area contributed by atoms with Gasteiger partial charge in [-0.05, 0) is 18.2 Å². The van der Waals surface area contributed by atoms with Gasteiger partial charge in [-0.3, -0.25) is 0 Å². The number of aromatic nitrogens is 2. The average Bonchev–Trinajstić information content (AvgIpc) is 2.81. The minimum absolute atomic E-state index is 0.682. The highest BCUT2D eigenvalue weighted by Gasteiger charge is 2.07. The lowest BCUT2D eigenvalue weighted by atomic mass is 10.2. The molecule has 5 heteroatoms. The molecule has 0 aliphatic rings. The molecule has 16 heavy (non-hydrogen) atoms. The first-order valence-corrected chi connectivity index (χ1v) is 6.07. The van der Waals surface area contributed by atoms with E-state index in [0.29, 0.717) is 5.89 Å². The van der Waals surface area contributed by atoms with Crippen molar-refractivity contribution in [2.45, 2.75) is 11.9 Å². The molecule has 2 aromatic heterocycles. The first-order chi connectivity index (χ1) is 7.72. The number of benzene rings is 1. The van der Waals surface area contributed by atoms with Gasteiger partial charge in [0.2, 0.25) is 0 Å². The summed E-state index contributed by atoms with van der Waals surface area (Å²) in [5.41, 5.74) is 2.72. The van der Waals surface area contributed by atoms with E-state index in [-0.39, 0.29) is 0 Å². The zero-order valence-electron chi connectivity index (χ0n) is 8.47. The van der Waals surface area contributed by atoms with E-state index in [1.807, 2.05) is 30.5 Å². The number of nitrogens with zero attached hydrogens (tertiary/aromatic N) is 2. The summed E-state index contributed by atoms with van der Waals surface area (Å²) in [7, 11) is 0. The van der Waals surface area contributed by atoms with Crippen LogP contribution in [0.25, 0.3) is 21.7 Å². The Hall–Kier alpha value is -1.33. The van der Waals surface area contributed by atoms with Crippen LogP contribution in [0.15, 0.2) is 33.0 Å². The summed E-state index contributed by atoms with van der Waals surface area (Å²) in [5.74, 6) is 0.682. The Morgan fingerprint density at radius 1 is 1.31 bits per heavy atom. The maximum absolute atomic E-state index is 5.42. The summed E-state index contributed by atoms with van der Waals surface area (Å²) in [6.07, 6.45) is 0. The van der Waals surface area contributed by atoms with Crippen LogP contribution in [0, 0.1) is 6.92 Å². The van der Waals surface area contributed by atoms with E-state index in [2.05, 4.69) is 22.6 Å². The lowest BCUT2D eigenvalue weighted by Crippen LogP contribution is -1.76. The van der Waals surface area contributed by atoms with Crippen LogP contribution >= 0.6 is 24.0 Å². The van der Waals surface area contributed by atoms with Gasteiger partial charge in [-0.2, -0.15) is 0 Å². The second-order valence-corrected chi connectivity index (χ2v) is 4.74. The van der Waals surface area contributed by atoms with Crippen LogP contribution < -0.4 is 0 Å². The Morgan fingerprint density at radius 3 is 2.94 bits per heavy atom. The monoisotopic (exact) mass is 248 g/mol. The van der Waals surface area contributed by atoms with Crippen molar-refractivity contribution in [3.05, 3.63) is 29.5 Å². The van der Waals surface area contributed by atoms with E-state index in [4.69, 9.17) is 4.42 Å². The molecule has 2 heterocycles. The molecule has 0 spiro atoms. The molecule has 0 fully saturated rings. The topological polar surface area (TPSA) is 38.9 Å². The molecule has 0 bridgehead atoms. The lowest BCUT2D eigenvalue weighted by Gasteiger charge is -1.94. The van der Waals surface area contributed by atoms with E-state index in [9.17, 15) is 0 Å². The van der Waals surface area contributed by atoms with Crippen molar-refractivity contribution in [2.24, 2.45) is 0 Å². The molecule has 0 unspecified atom stereocenters. The van der Waals surface area contributed by atoms with E-state index in [1.54, 1.807) is 11.3 Å². The van der Waals surface area contributed by atoms with E-state index < -0.39 is 0 Å². The van der Waals surface area contributed by atoms with Gasteiger partial charge in [-0.1, -0.05) is 0 Å². The number of rotatable bonds is 1. The fourth-order valence-corrected chi connectivity index (χ4v) is 2.58. The molecular weight excluding hydrogens is 240 g/mol. The van der Waals surface area contributed by atoms with Crippen molar-refractivity contribution in [2.75, 3.05) is 0 Å². The molecule has 1 aromatic carbocycles. The number of hydrogen-bond donors (Lipinski definition) is 1. The summed E-state index contributed by atoms with van der Waals surface area (Å²) in [6, 6.07) is 5.89. The van der Waals surface area contributed by atoms with Crippen LogP contribution in [0.4, 0.5) is 0 Å². The molecule has 0 aliphatic carbocycles. The normalized spacial score (nSPS) is 11.1. The molecule has 80 valence electrons. The molecule has 0 saturated carbocycles. The number of aryl methyl sites for hydroxylation is 1. The third-order valence-electron chi connectivity index (χ3n) is 2.23. The number of hydrogen-bond acceptors (Lipinski definition) is 5. The largest absolute Gasteiger partial charge is 0.441 e. The van der Waals surface area contributed by atoms with Crippen molar-refractivity contribution in [1.29, 1.82) is 0 Å². The van der Waals surface area contributed by atoms with Crippen molar-refractivity contribution in [3.63, 3.8) is 0 Å². The zero-order valence-corrected chi connectivity index (χ0v) is 10.2. The van der Waals surface area contributed by atoms with Gasteiger partial charge in [0, 0.05) is 17.9 Å². The number of thiol groups is 1. The fraction of sp³-hybridized carbons (Fsp3) is 0.0909. The molecule has 3 nitrogen and oxygen atoms in total. The van der Waals surface area contributed by atoms with Crippen molar-refractivity contribution >= 4 is 35.1 Å². The average molecular weight is 248 g/mol. The maximum Gasteiger partial charge on any atom is 0.192 e. The smallest absolute Gasteiger partial charge is 0.192 e. The predicted octanol–water partition coefficient (Wildman–Crippen LogP) is 3.55. The van der Waals surface area contributed by atoms with Crippen LogP contribution in [-0.2, 0) is 0 Å². The molecule has 0 aliphatic heterocycles. The Kier molecular flexibility index (Phi) is 2.22. The summed E-state index contributed by atoms with van der Waals surface area (Å²) in [6.45, 7) is 1.84. The quantitative estimate of drug-likeness (QED) is 0.669. The van der Waals surface area contributed by atoms with E-state index in [0.717, 1.165) is 26.7 Å². The SMILES string of the molecule is Cc1nc2cc(-c3nc(S)cs3)ccc2o1. The number of thiazole rings is 1. The third kappa shape index (κ3) is 1.62. The highest BCUT2D eigenvalue weighted by molar-refractivity contribution is 7.80. The Labute approximate surface area is 102 Å². The minimum atomic E-state index is 0.682. The van der Waals surface area contributed by atoms with Crippen LogP contribution in [-0.4, -0.2) is 9.97 Å². The Bertz CT molecular complexity index is 657. The maximum atomic E-state index is 5.42. The standard InChI is InChI=1S/C11H8N2OS2/c1-6-12-8-4-7(2-3-9(8)14-6)11-13-10(15)5-16-11/h2-5,15H,1H3. The summed E-state index contributed by atoms with van der Waals surface area (Å²) >= 11 is 5.77. The molecular formula is C11H8N2OS2. The van der Waals surface area contributed by atoms with Crippen LogP contribution in [0.2, 0.25) is 0 Å². The second kappa shape index (κ2) is 3.61. The van der Waals surface area contributed by atoms with E-state index in [1.165, 1.54) is 0 Å². The number of oxazole rings is 1. The molecule has 3 rings (SSSR count). The molecule has 3 aromatic rings. The van der Waals surface area contributed by atoms with Crippen molar-refractivity contribution in [1.82, 2.24) is 9.97 Å². The van der Waals surface area contributed by atoms with E-state index >= 15 is 0 Å². The third-order valence-corrected chi connectivity index (χ3v) is 3.53. The lowest BCUT2D eigenvalue weighted by molar-refractivity contribution is 0.561. The van der Waals surface area contributed by atoms with Crippen molar-refractivity contribution in [3.8, 4) is 10.6 Å². The van der Waals surface area contributed by atoms with Crippen LogP contribution in [0.3, 0.4) is 0 Å². The van der Waals surface area contributed by atoms with Crippen LogP contribution in [0.1, 0.15) is 5.89 Å². The molecule has 0 N–H and O–H groups in total. The van der Waals surface area contributed by atoms with Gasteiger partial charge in [0.25, 0.3) is 0 Å². The summed E-state index contributed by atoms with van der Waals surface area (Å²) in [5, 5.41) is 3.61. The summed E-state index contributed by atoms with van der Waals surface area (Å²) in [4.78, 5) is 8.62. The molecule has 0 amide bonds. The highest BCUT2D eigenvalue weighted by atomic mass is 32.1. The fourth-order valence-electron chi connectivity index (χ4n) is 1.57. The molecule has 0 saturated heterocycles. The van der Waals surface area contributed by atoms with Gasteiger partial charge < -0.3 is 4.42 Å². The zero-order chi connectivity index (χ0) is 11.1. The molecule has 0 atom stereocenters. The Morgan fingerprint density at radius 2 is 2.19 bits per heavy atom. The first kappa shape index (κ1) is 9.86. The summed E-state index contributed by atoms with van der Waals surface area (Å²) < 4.78 is 5.42.